The summed E-state index contributed by atoms with van der Waals surface area (Å²) in [5.74, 6) is -0.395. The number of nitrogens with one attached hydrogen (secondary N) is 1. The lowest BCUT2D eigenvalue weighted by Crippen LogP contribution is -2.34. The number of halogens is 1. The zero-order chi connectivity index (χ0) is 18.9. The summed E-state index contributed by atoms with van der Waals surface area (Å²) in [6, 6.07) is 19.3. The number of para-hydroxylation sites is 1. The maximum atomic E-state index is 12.8. The van der Waals surface area contributed by atoms with Crippen LogP contribution in [0.25, 0.3) is 10.9 Å². The second-order valence-corrected chi connectivity index (χ2v) is 7.67. The van der Waals surface area contributed by atoms with Crippen LogP contribution < -0.4 is 5.32 Å². The number of ketones is 1. The van der Waals surface area contributed by atoms with Crippen molar-refractivity contribution in [3.8, 4) is 0 Å². The molecule has 0 saturated carbocycles. The van der Waals surface area contributed by atoms with Gasteiger partial charge in [0.2, 0.25) is 0 Å². The molecule has 2 aromatic carbocycles. The summed E-state index contributed by atoms with van der Waals surface area (Å²) in [4.78, 5) is 16.5. The Kier molecular flexibility index (Phi) is 4.54. The van der Waals surface area contributed by atoms with Crippen LogP contribution >= 0.6 is 11.6 Å². The molecule has 1 N–H and O–H groups in total. The Morgan fingerprint density at radius 3 is 2.63 bits per heavy atom. The first-order chi connectivity index (χ1) is 13.0. The van der Waals surface area contributed by atoms with Crippen molar-refractivity contribution in [2.75, 3.05) is 5.32 Å². The van der Waals surface area contributed by atoms with E-state index in [-0.39, 0.29) is 5.78 Å². The number of benzene rings is 2. The van der Waals surface area contributed by atoms with Gasteiger partial charge in [0.15, 0.2) is 5.78 Å². The average Bonchev–Trinajstić information content (AvgIpc) is 2.67. The molecule has 0 bridgehead atoms. The van der Waals surface area contributed by atoms with Crippen LogP contribution in [-0.4, -0.2) is 15.6 Å². The number of pyridine rings is 1. The van der Waals surface area contributed by atoms with Crippen LogP contribution in [-0.2, 0) is 0 Å². The Morgan fingerprint density at radius 2 is 1.85 bits per heavy atom. The molecule has 3 nitrogen and oxygen atoms in total. The Labute approximate surface area is 163 Å². The lowest BCUT2D eigenvalue weighted by atomic mass is 9.82. The minimum atomic E-state index is -0.811. The third-order valence-corrected chi connectivity index (χ3v) is 5.08. The van der Waals surface area contributed by atoms with Crippen LogP contribution in [0.15, 0.2) is 90.8 Å². The number of hydrogen-bond acceptors (Lipinski definition) is 3. The Morgan fingerprint density at radius 1 is 1.11 bits per heavy atom. The molecule has 4 rings (SSSR count). The van der Waals surface area contributed by atoms with Crippen molar-refractivity contribution in [3.63, 3.8) is 0 Å². The summed E-state index contributed by atoms with van der Waals surface area (Å²) in [5, 5.41) is 4.41. The van der Waals surface area contributed by atoms with Crippen LogP contribution in [0, 0.1) is 5.92 Å². The molecular weight excluding hydrogens is 356 g/mol. The summed E-state index contributed by atoms with van der Waals surface area (Å²) in [5.41, 5.74) is 3.35. The highest BCUT2D eigenvalue weighted by Gasteiger charge is 2.36. The van der Waals surface area contributed by atoms with Crippen molar-refractivity contribution in [1.82, 2.24) is 4.98 Å². The van der Waals surface area contributed by atoms with Gasteiger partial charge in [-0.2, -0.15) is 0 Å². The van der Waals surface area contributed by atoms with Crippen molar-refractivity contribution >= 4 is 34.0 Å². The summed E-state index contributed by atoms with van der Waals surface area (Å²) < 4.78 is 0. The number of alkyl halides is 1. The second kappa shape index (κ2) is 7.01. The third kappa shape index (κ3) is 3.64. The highest BCUT2D eigenvalue weighted by Crippen LogP contribution is 2.35. The van der Waals surface area contributed by atoms with E-state index < -0.39 is 10.8 Å². The van der Waals surface area contributed by atoms with Crippen molar-refractivity contribution in [2.45, 2.75) is 11.8 Å². The SMILES string of the molecule is CC1(Cl)C=C(Nc2cnc3ccccc3c2)C=CC1C(=O)c1ccccc1. The lowest BCUT2D eigenvalue weighted by Gasteiger charge is -2.30. The third-order valence-electron chi connectivity index (χ3n) is 4.73. The monoisotopic (exact) mass is 374 g/mol. The zero-order valence-electron chi connectivity index (χ0n) is 14.9. The van der Waals surface area contributed by atoms with E-state index in [1.165, 1.54) is 0 Å². The molecule has 1 aliphatic carbocycles. The first-order valence-corrected chi connectivity index (χ1v) is 9.22. The number of carbonyl (C=O) groups is 1. The lowest BCUT2D eigenvalue weighted by molar-refractivity contribution is 0.0932. The molecule has 0 fully saturated rings. The van der Waals surface area contributed by atoms with Crippen molar-refractivity contribution in [1.29, 1.82) is 0 Å². The summed E-state index contributed by atoms with van der Waals surface area (Å²) in [7, 11) is 0. The number of Topliss-reactive ketones (excluding diaryl/α,β-unsaturated/α-hetero) is 1. The van der Waals surface area contributed by atoms with E-state index in [9.17, 15) is 4.79 Å². The van der Waals surface area contributed by atoms with Gasteiger partial charge in [-0.05, 0) is 31.2 Å². The topological polar surface area (TPSA) is 42.0 Å². The zero-order valence-corrected chi connectivity index (χ0v) is 15.6. The number of nitrogens with zero attached hydrogens (tertiary/aromatic N) is 1. The predicted octanol–water partition coefficient (Wildman–Crippen LogP) is 5.60. The van der Waals surface area contributed by atoms with Crippen molar-refractivity contribution < 1.29 is 4.79 Å². The van der Waals surface area contributed by atoms with Gasteiger partial charge < -0.3 is 5.32 Å². The van der Waals surface area contributed by atoms with Crippen LogP contribution in [0.3, 0.4) is 0 Å². The average molecular weight is 375 g/mol. The number of anilines is 1. The van der Waals surface area contributed by atoms with Crippen LogP contribution in [0.5, 0.6) is 0 Å². The van der Waals surface area contributed by atoms with Gasteiger partial charge in [-0.15, -0.1) is 11.6 Å². The number of hydrogen-bond donors (Lipinski definition) is 1. The number of aromatic nitrogens is 1. The molecule has 134 valence electrons. The van der Waals surface area contributed by atoms with E-state index >= 15 is 0 Å². The first kappa shape index (κ1) is 17.5. The van der Waals surface area contributed by atoms with Gasteiger partial charge in [-0.25, -0.2) is 0 Å². The van der Waals surface area contributed by atoms with Gasteiger partial charge in [0.1, 0.15) is 0 Å². The van der Waals surface area contributed by atoms with E-state index in [2.05, 4.69) is 10.3 Å². The van der Waals surface area contributed by atoms with Crippen LogP contribution in [0.2, 0.25) is 0 Å². The van der Waals surface area contributed by atoms with Gasteiger partial charge in [-0.1, -0.05) is 54.6 Å². The number of allylic oxidation sites excluding steroid dienone is 3. The van der Waals surface area contributed by atoms with Gasteiger partial charge in [-0.3, -0.25) is 9.78 Å². The Hall–Kier alpha value is -2.91. The number of carbonyl (C=O) groups excluding carboxylic acids is 1. The molecule has 0 aliphatic heterocycles. The highest BCUT2D eigenvalue weighted by atomic mass is 35.5. The highest BCUT2D eigenvalue weighted by molar-refractivity contribution is 6.28. The van der Waals surface area contributed by atoms with Gasteiger partial charge in [0, 0.05) is 16.6 Å². The molecule has 27 heavy (non-hydrogen) atoms. The molecule has 2 atom stereocenters. The van der Waals surface area contributed by atoms with E-state index in [1.54, 1.807) is 6.20 Å². The quantitative estimate of drug-likeness (QED) is 0.477. The van der Waals surface area contributed by atoms with E-state index in [0.717, 1.165) is 22.3 Å². The predicted molar refractivity (Wildman–Crippen MR) is 111 cm³/mol. The second-order valence-electron chi connectivity index (χ2n) is 6.86. The molecule has 2 unspecified atom stereocenters. The molecule has 4 heteroatoms. The minimum Gasteiger partial charge on any atom is -0.354 e. The summed E-state index contributed by atoms with van der Waals surface area (Å²) in [6.07, 6.45) is 7.48. The van der Waals surface area contributed by atoms with Gasteiger partial charge >= 0.3 is 0 Å². The first-order valence-electron chi connectivity index (χ1n) is 8.84. The molecule has 0 amide bonds. The van der Waals surface area contributed by atoms with Gasteiger partial charge in [0.05, 0.1) is 28.2 Å². The summed E-state index contributed by atoms with van der Waals surface area (Å²) in [6.45, 7) is 1.86. The van der Waals surface area contributed by atoms with Crippen molar-refractivity contribution in [2.24, 2.45) is 5.92 Å². The molecule has 0 spiro atoms. The van der Waals surface area contributed by atoms with Crippen LogP contribution in [0.4, 0.5) is 5.69 Å². The Balaban J connectivity index is 1.56. The minimum absolute atomic E-state index is 0.0204. The van der Waals surface area contributed by atoms with E-state index in [4.69, 9.17) is 11.6 Å². The molecule has 0 saturated heterocycles. The Bertz CT molecular complexity index is 1050. The molecule has 3 aromatic rings. The van der Waals surface area contributed by atoms with E-state index in [0.29, 0.717) is 5.56 Å². The fourth-order valence-corrected chi connectivity index (χ4v) is 3.63. The molecule has 1 heterocycles. The van der Waals surface area contributed by atoms with Gasteiger partial charge in [0.25, 0.3) is 0 Å². The molecule has 1 aromatic heterocycles. The maximum absolute atomic E-state index is 12.8. The molecular formula is C23H19ClN2O. The smallest absolute Gasteiger partial charge is 0.171 e. The van der Waals surface area contributed by atoms with Crippen molar-refractivity contribution in [3.05, 3.63) is 96.3 Å². The summed E-state index contributed by atoms with van der Waals surface area (Å²) >= 11 is 6.73. The standard InChI is InChI=1S/C23H19ClN2O/c1-23(24)14-18(11-12-20(23)22(27)16-7-3-2-4-8-16)26-19-13-17-9-5-6-10-21(17)25-15-19/h2-15,20,26H,1H3. The number of fused-ring (bicyclic) bond motifs is 1. The fraction of sp³-hybridized carbons (Fsp3) is 0.130. The fourth-order valence-electron chi connectivity index (χ4n) is 3.34. The number of rotatable bonds is 4. The normalized spacial score (nSPS) is 21.7. The maximum Gasteiger partial charge on any atom is 0.171 e. The largest absolute Gasteiger partial charge is 0.354 e. The van der Waals surface area contributed by atoms with E-state index in [1.807, 2.05) is 85.8 Å². The molecule has 0 radical (unpaired) electrons. The van der Waals surface area contributed by atoms with Crippen LogP contribution in [0.1, 0.15) is 17.3 Å². The molecule has 1 aliphatic rings.